The van der Waals surface area contributed by atoms with Crippen LogP contribution in [-0.2, 0) is 11.2 Å². The molecule has 1 amide bonds. The molecule has 0 saturated heterocycles. The van der Waals surface area contributed by atoms with Gasteiger partial charge in [0.05, 0.1) is 0 Å². The summed E-state index contributed by atoms with van der Waals surface area (Å²) < 4.78 is 0. The minimum absolute atomic E-state index is 0.0631. The van der Waals surface area contributed by atoms with Crippen LogP contribution in [0.4, 0.5) is 5.69 Å². The maximum absolute atomic E-state index is 11.2. The highest BCUT2D eigenvalue weighted by molar-refractivity contribution is 6.34. The molecule has 0 fully saturated rings. The summed E-state index contributed by atoms with van der Waals surface area (Å²) >= 11 is 12.1. The van der Waals surface area contributed by atoms with Crippen molar-refractivity contribution in [2.75, 3.05) is 5.32 Å². The molecule has 0 spiro atoms. The Hall–Kier alpha value is -1.51. The number of nitrogens with one attached hydrogen (secondary N) is 1. The summed E-state index contributed by atoms with van der Waals surface area (Å²) in [6, 6.07) is 9.66. The smallest absolute Gasteiger partial charge is 0.221 e. The van der Waals surface area contributed by atoms with Crippen molar-refractivity contribution < 1.29 is 4.79 Å². The number of carbonyl (C=O) groups is 1. The zero-order chi connectivity index (χ0) is 15.6. The minimum Gasteiger partial charge on any atom is -0.326 e. The van der Waals surface area contributed by atoms with Gasteiger partial charge in [0.25, 0.3) is 0 Å². The fraction of sp³-hybridized carbons (Fsp3) is 0.235. The second kappa shape index (κ2) is 6.50. The van der Waals surface area contributed by atoms with Crippen LogP contribution in [0.3, 0.4) is 0 Å². The van der Waals surface area contributed by atoms with E-state index >= 15 is 0 Å². The number of carbonyl (C=O) groups excluding carboxylic acids is 1. The number of aryl methyl sites for hydroxylation is 2. The van der Waals surface area contributed by atoms with Gasteiger partial charge in [0.1, 0.15) is 0 Å². The maximum atomic E-state index is 11.2. The van der Waals surface area contributed by atoms with Crippen LogP contribution in [0, 0.1) is 13.8 Å². The summed E-state index contributed by atoms with van der Waals surface area (Å²) in [5.74, 6) is -0.0631. The third kappa shape index (κ3) is 4.23. The van der Waals surface area contributed by atoms with Gasteiger partial charge in [-0.15, -0.1) is 0 Å². The first-order chi connectivity index (χ1) is 9.85. The van der Waals surface area contributed by atoms with Crippen molar-refractivity contribution >= 4 is 34.8 Å². The van der Waals surface area contributed by atoms with E-state index in [-0.39, 0.29) is 5.91 Å². The highest BCUT2D eigenvalue weighted by atomic mass is 35.5. The lowest BCUT2D eigenvalue weighted by Crippen LogP contribution is -2.08. The van der Waals surface area contributed by atoms with E-state index in [4.69, 9.17) is 23.2 Å². The minimum atomic E-state index is -0.0631. The predicted molar refractivity (Wildman–Crippen MR) is 89.5 cm³/mol. The molecule has 110 valence electrons. The van der Waals surface area contributed by atoms with Crippen LogP contribution in [0.15, 0.2) is 30.3 Å². The lowest BCUT2D eigenvalue weighted by atomic mass is 9.97. The molecule has 0 aliphatic heterocycles. The Morgan fingerprint density at radius 2 is 1.62 bits per heavy atom. The molecular formula is C17H17Cl2NO. The third-order valence-corrected chi connectivity index (χ3v) is 3.75. The summed E-state index contributed by atoms with van der Waals surface area (Å²) in [5.41, 5.74) is 5.29. The van der Waals surface area contributed by atoms with E-state index in [1.54, 1.807) is 6.07 Å². The van der Waals surface area contributed by atoms with Crippen LogP contribution in [0.2, 0.25) is 10.0 Å². The number of anilines is 1. The van der Waals surface area contributed by atoms with Gasteiger partial charge in [0, 0.05) is 22.7 Å². The van der Waals surface area contributed by atoms with Crippen LogP contribution in [0.25, 0.3) is 0 Å². The molecule has 0 atom stereocenters. The molecule has 2 nitrogen and oxygen atoms in total. The topological polar surface area (TPSA) is 29.1 Å². The maximum Gasteiger partial charge on any atom is 0.221 e. The molecule has 0 saturated carbocycles. The molecule has 1 N–H and O–H groups in total. The summed E-state index contributed by atoms with van der Waals surface area (Å²) in [5, 5.41) is 4.12. The van der Waals surface area contributed by atoms with Crippen LogP contribution < -0.4 is 5.32 Å². The number of benzene rings is 2. The first-order valence-corrected chi connectivity index (χ1v) is 7.43. The quantitative estimate of drug-likeness (QED) is 0.831. The highest BCUT2D eigenvalue weighted by Crippen LogP contribution is 2.25. The SMILES string of the molecule is CC(=O)Nc1cc(C)c(Cc2cc(Cl)cc(Cl)c2)cc1C. The first kappa shape index (κ1) is 15.9. The highest BCUT2D eigenvalue weighted by Gasteiger charge is 2.08. The van der Waals surface area contributed by atoms with E-state index in [1.165, 1.54) is 12.5 Å². The number of hydrogen-bond donors (Lipinski definition) is 1. The van der Waals surface area contributed by atoms with Crippen LogP contribution in [-0.4, -0.2) is 5.91 Å². The van der Waals surface area contributed by atoms with E-state index < -0.39 is 0 Å². The Kier molecular flexibility index (Phi) is 4.92. The molecule has 0 bridgehead atoms. The van der Waals surface area contributed by atoms with Gasteiger partial charge in [-0.3, -0.25) is 4.79 Å². The lowest BCUT2D eigenvalue weighted by molar-refractivity contribution is -0.114. The molecule has 21 heavy (non-hydrogen) atoms. The molecule has 2 rings (SSSR count). The van der Waals surface area contributed by atoms with E-state index in [1.807, 2.05) is 32.0 Å². The Balaban J connectivity index is 2.32. The second-order valence-electron chi connectivity index (χ2n) is 5.23. The van der Waals surface area contributed by atoms with Gasteiger partial charge in [-0.1, -0.05) is 29.3 Å². The third-order valence-electron chi connectivity index (χ3n) is 3.31. The summed E-state index contributed by atoms with van der Waals surface area (Å²) in [6.07, 6.45) is 0.757. The Morgan fingerprint density at radius 1 is 1.00 bits per heavy atom. The first-order valence-electron chi connectivity index (χ1n) is 6.68. The molecule has 2 aromatic carbocycles. The molecular weight excluding hydrogens is 305 g/mol. The fourth-order valence-electron chi connectivity index (χ4n) is 2.32. The van der Waals surface area contributed by atoms with Gasteiger partial charge in [-0.05, 0) is 66.8 Å². The van der Waals surface area contributed by atoms with Gasteiger partial charge in [0.15, 0.2) is 0 Å². The molecule has 0 unspecified atom stereocenters. The summed E-state index contributed by atoms with van der Waals surface area (Å²) in [7, 11) is 0. The number of hydrogen-bond acceptors (Lipinski definition) is 1. The normalized spacial score (nSPS) is 10.5. The van der Waals surface area contributed by atoms with Crippen molar-refractivity contribution in [2.24, 2.45) is 0 Å². The number of amides is 1. The van der Waals surface area contributed by atoms with Gasteiger partial charge < -0.3 is 5.32 Å². The molecule has 0 aliphatic rings. The van der Waals surface area contributed by atoms with Crippen molar-refractivity contribution in [1.29, 1.82) is 0 Å². The second-order valence-corrected chi connectivity index (χ2v) is 6.10. The van der Waals surface area contributed by atoms with E-state index in [2.05, 4.69) is 11.4 Å². The monoisotopic (exact) mass is 321 g/mol. The van der Waals surface area contributed by atoms with Gasteiger partial charge in [-0.2, -0.15) is 0 Å². The van der Waals surface area contributed by atoms with Crippen molar-refractivity contribution in [1.82, 2.24) is 0 Å². The lowest BCUT2D eigenvalue weighted by Gasteiger charge is -2.13. The van der Waals surface area contributed by atoms with Crippen molar-refractivity contribution in [3.63, 3.8) is 0 Å². The Labute approximate surface area is 135 Å². The molecule has 0 aliphatic carbocycles. The Morgan fingerprint density at radius 3 is 2.19 bits per heavy atom. The van der Waals surface area contributed by atoms with Gasteiger partial charge >= 0.3 is 0 Å². The molecule has 2 aromatic rings. The van der Waals surface area contributed by atoms with Gasteiger partial charge in [-0.25, -0.2) is 0 Å². The number of rotatable bonds is 3. The van der Waals surface area contributed by atoms with Gasteiger partial charge in [0.2, 0.25) is 5.91 Å². The largest absolute Gasteiger partial charge is 0.326 e. The fourth-order valence-corrected chi connectivity index (χ4v) is 2.89. The average Bonchev–Trinajstić information content (AvgIpc) is 2.33. The molecule has 0 aromatic heterocycles. The van der Waals surface area contributed by atoms with Crippen LogP contribution >= 0.6 is 23.2 Å². The van der Waals surface area contributed by atoms with Crippen molar-refractivity contribution in [3.8, 4) is 0 Å². The van der Waals surface area contributed by atoms with E-state index in [0.29, 0.717) is 10.0 Å². The Bertz CT molecular complexity index is 675. The zero-order valence-electron chi connectivity index (χ0n) is 12.3. The summed E-state index contributed by atoms with van der Waals surface area (Å²) in [6.45, 7) is 5.53. The molecule has 0 heterocycles. The number of halogens is 2. The predicted octanol–water partition coefficient (Wildman–Crippen LogP) is 5.16. The molecule has 0 radical (unpaired) electrons. The zero-order valence-corrected chi connectivity index (χ0v) is 13.8. The van der Waals surface area contributed by atoms with Crippen molar-refractivity contribution in [2.45, 2.75) is 27.2 Å². The summed E-state index contributed by atoms with van der Waals surface area (Å²) in [4.78, 5) is 11.2. The van der Waals surface area contributed by atoms with Crippen LogP contribution in [0.1, 0.15) is 29.2 Å². The van der Waals surface area contributed by atoms with E-state index in [0.717, 1.165) is 28.8 Å². The average molecular weight is 322 g/mol. The van der Waals surface area contributed by atoms with Crippen LogP contribution in [0.5, 0.6) is 0 Å². The van der Waals surface area contributed by atoms with E-state index in [9.17, 15) is 4.79 Å². The molecule has 4 heteroatoms. The standard InChI is InChI=1S/C17H17Cl2NO/c1-10-5-17(20-12(3)21)11(2)4-14(10)6-13-7-15(18)9-16(19)8-13/h4-5,7-9H,6H2,1-3H3,(H,20,21). The van der Waals surface area contributed by atoms with Crippen molar-refractivity contribution in [3.05, 3.63) is 62.6 Å².